The summed E-state index contributed by atoms with van der Waals surface area (Å²) >= 11 is 0. The molecule has 0 rings (SSSR count). The van der Waals surface area contributed by atoms with Crippen molar-refractivity contribution in [3.05, 3.63) is 0 Å². The van der Waals surface area contributed by atoms with E-state index in [0.29, 0.717) is 51.2 Å². The van der Waals surface area contributed by atoms with Crippen molar-refractivity contribution in [2.45, 2.75) is 217 Å². The number of rotatable bonds is 31. The van der Waals surface area contributed by atoms with Gasteiger partial charge in [-0.25, -0.2) is 0 Å². The highest BCUT2D eigenvalue weighted by atomic mass is 16.6. The van der Waals surface area contributed by atoms with Crippen LogP contribution in [-0.2, 0) is 38.1 Å². The van der Waals surface area contributed by atoms with E-state index >= 15 is 0 Å². The fourth-order valence-electron chi connectivity index (χ4n) is 7.09. The number of hydrogen-bond acceptors (Lipinski definition) is 8. The van der Waals surface area contributed by atoms with Crippen molar-refractivity contribution >= 4 is 23.6 Å². The van der Waals surface area contributed by atoms with E-state index in [0.717, 1.165) is 44.9 Å². The van der Waals surface area contributed by atoms with Gasteiger partial charge in [0.25, 0.3) is 5.91 Å². The van der Waals surface area contributed by atoms with E-state index in [4.69, 9.17) is 18.9 Å². The van der Waals surface area contributed by atoms with Gasteiger partial charge in [0.2, 0.25) is 0 Å². The molecule has 0 aromatic carbocycles. The Bertz CT molecular complexity index is 1130. The van der Waals surface area contributed by atoms with Crippen LogP contribution in [0.2, 0.25) is 0 Å². The molecular formula is C46H87NO8. The van der Waals surface area contributed by atoms with Crippen LogP contribution in [-0.4, -0.2) is 66.8 Å². The largest absolute Gasteiger partial charge is 0.464 e. The molecule has 0 fully saturated rings. The topological polar surface area (TPSA) is 117 Å². The molecule has 9 nitrogen and oxygen atoms in total. The second-order valence-electron chi connectivity index (χ2n) is 19.1. The molecule has 4 unspecified atom stereocenters. The molecule has 0 aliphatic heterocycles. The van der Waals surface area contributed by atoms with E-state index in [-0.39, 0.29) is 54.0 Å². The molecule has 0 radical (unpaired) electrons. The van der Waals surface area contributed by atoms with Crippen molar-refractivity contribution in [2.75, 3.05) is 26.4 Å². The van der Waals surface area contributed by atoms with Crippen LogP contribution in [0.1, 0.15) is 200 Å². The third-order valence-corrected chi connectivity index (χ3v) is 11.8. The van der Waals surface area contributed by atoms with E-state index in [1.807, 2.05) is 55.4 Å². The number of carbonyl (C=O) groups excluding carboxylic acids is 4. The summed E-state index contributed by atoms with van der Waals surface area (Å²) in [7, 11) is 0. The number of hydrogen-bond donors (Lipinski definition) is 1. The molecule has 0 heterocycles. The number of ether oxygens (including phenoxy) is 4. The first kappa shape index (κ1) is 53.0. The van der Waals surface area contributed by atoms with Gasteiger partial charge in [0.05, 0.1) is 23.5 Å². The summed E-state index contributed by atoms with van der Waals surface area (Å²) in [6.45, 7) is 31.9. The number of nitrogens with one attached hydrogen (secondary N) is 1. The lowest BCUT2D eigenvalue weighted by atomic mass is 9.70. The van der Waals surface area contributed by atoms with Gasteiger partial charge in [-0.05, 0) is 96.3 Å². The number of amides is 1. The number of carbonyl (C=O) groups is 4. The average Bonchev–Trinajstić information content (AvgIpc) is 3.10. The standard InChI is InChI=1S/C46H87NO8/c1-16-20-26-36(17-2)33-43(10,11)55-39(49)28-23-25-31-54-46(15,19-4)44(12,13)38(48)27-22-21-24-30-53-45(14,18-3)41(51)47-29-32-52-40(50)37(35(5)6)34-42(7,8)9/h35-37H,16-34H2,1-15H3,(H,47,51). The minimum Gasteiger partial charge on any atom is -0.464 e. The van der Waals surface area contributed by atoms with Gasteiger partial charge in [0.1, 0.15) is 23.6 Å². The molecule has 0 saturated heterocycles. The summed E-state index contributed by atoms with van der Waals surface area (Å²) in [6.07, 6.45) is 12.0. The summed E-state index contributed by atoms with van der Waals surface area (Å²) in [5.74, 6) is 0.149. The lowest BCUT2D eigenvalue weighted by Gasteiger charge is -2.42. The fraction of sp³-hybridized carbons (Fsp3) is 0.913. The zero-order valence-corrected chi connectivity index (χ0v) is 38.4. The van der Waals surface area contributed by atoms with Gasteiger partial charge in [-0.15, -0.1) is 0 Å². The number of ketones is 1. The zero-order valence-electron chi connectivity index (χ0n) is 38.4. The molecule has 0 aromatic heterocycles. The summed E-state index contributed by atoms with van der Waals surface area (Å²) in [5, 5.41) is 2.88. The predicted molar refractivity (Wildman–Crippen MR) is 225 cm³/mol. The maximum atomic E-state index is 13.5. The second kappa shape index (κ2) is 25.4. The number of esters is 2. The van der Waals surface area contributed by atoms with Crippen LogP contribution >= 0.6 is 0 Å². The van der Waals surface area contributed by atoms with Gasteiger partial charge in [0.15, 0.2) is 0 Å². The highest BCUT2D eigenvalue weighted by Gasteiger charge is 2.45. The molecule has 55 heavy (non-hydrogen) atoms. The molecule has 0 bridgehead atoms. The van der Waals surface area contributed by atoms with Gasteiger partial charge in [-0.3, -0.25) is 19.2 Å². The van der Waals surface area contributed by atoms with Crippen molar-refractivity contribution in [3.8, 4) is 0 Å². The van der Waals surface area contributed by atoms with Crippen molar-refractivity contribution in [2.24, 2.45) is 28.6 Å². The van der Waals surface area contributed by atoms with Crippen molar-refractivity contribution in [3.63, 3.8) is 0 Å². The average molecular weight is 782 g/mol. The Kier molecular flexibility index (Phi) is 24.5. The van der Waals surface area contributed by atoms with Crippen LogP contribution in [0.5, 0.6) is 0 Å². The number of unbranched alkanes of at least 4 members (excludes halogenated alkanes) is 4. The second-order valence-corrected chi connectivity index (χ2v) is 19.1. The van der Waals surface area contributed by atoms with Gasteiger partial charge in [-0.2, -0.15) is 0 Å². The first-order chi connectivity index (χ1) is 25.4. The Labute approximate surface area is 338 Å². The quantitative estimate of drug-likeness (QED) is 0.0546. The zero-order chi connectivity index (χ0) is 42.5. The van der Waals surface area contributed by atoms with Gasteiger partial charge >= 0.3 is 11.9 Å². The predicted octanol–water partition coefficient (Wildman–Crippen LogP) is 11.0. The normalized spacial score (nSPS) is 15.9. The minimum absolute atomic E-state index is 0.0191. The molecule has 0 aromatic rings. The van der Waals surface area contributed by atoms with Gasteiger partial charge in [0, 0.05) is 26.1 Å². The molecule has 9 heteroatoms. The van der Waals surface area contributed by atoms with E-state index in [1.165, 1.54) is 19.3 Å². The highest BCUT2D eigenvalue weighted by molar-refractivity contribution is 5.85. The van der Waals surface area contributed by atoms with Gasteiger partial charge in [-0.1, -0.05) is 108 Å². The van der Waals surface area contributed by atoms with Crippen LogP contribution in [0.15, 0.2) is 0 Å². The lowest BCUT2D eigenvalue weighted by Crippen LogP contribution is -2.49. The summed E-state index contributed by atoms with van der Waals surface area (Å²) in [5.41, 5.74) is -2.73. The van der Waals surface area contributed by atoms with Crippen molar-refractivity contribution in [1.82, 2.24) is 5.32 Å². The Balaban J connectivity index is 4.67. The SMILES string of the molecule is CCCCC(CC)CC(C)(C)OC(=O)CCCCOC(C)(CC)C(C)(C)C(=O)CCCCCOC(C)(CC)C(=O)NCCOC(=O)C(CC(C)(C)C)C(C)C. The molecule has 0 spiro atoms. The molecule has 324 valence electrons. The van der Waals surface area contributed by atoms with E-state index in [9.17, 15) is 19.2 Å². The van der Waals surface area contributed by atoms with Crippen LogP contribution in [0.25, 0.3) is 0 Å². The van der Waals surface area contributed by atoms with E-state index in [1.54, 1.807) is 6.92 Å². The molecule has 0 aliphatic carbocycles. The summed E-state index contributed by atoms with van der Waals surface area (Å²) < 4.78 is 23.9. The Morgan fingerprint density at radius 1 is 0.673 bits per heavy atom. The summed E-state index contributed by atoms with van der Waals surface area (Å²) in [4.78, 5) is 51.9. The maximum Gasteiger partial charge on any atom is 0.309 e. The smallest absolute Gasteiger partial charge is 0.309 e. The monoisotopic (exact) mass is 782 g/mol. The lowest BCUT2D eigenvalue weighted by molar-refractivity contribution is -0.158. The third kappa shape index (κ3) is 20.3. The Hall–Kier alpha value is -2.00. The highest BCUT2D eigenvalue weighted by Crippen LogP contribution is 2.39. The number of Topliss-reactive ketones (excluding diaryl/α,β-unsaturated/α-hetero) is 1. The molecule has 4 atom stereocenters. The van der Waals surface area contributed by atoms with Crippen LogP contribution in [0.4, 0.5) is 0 Å². The molecule has 1 N–H and O–H groups in total. The molecular weight excluding hydrogens is 695 g/mol. The molecule has 1 amide bonds. The first-order valence-corrected chi connectivity index (χ1v) is 21.9. The third-order valence-electron chi connectivity index (χ3n) is 11.8. The van der Waals surface area contributed by atoms with E-state index < -0.39 is 22.2 Å². The molecule has 0 saturated carbocycles. The fourth-order valence-corrected chi connectivity index (χ4v) is 7.09. The maximum absolute atomic E-state index is 13.5. The van der Waals surface area contributed by atoms with Crippen molar-refractivity contribution in [1.29, 1.82) is 0 Å². The van der Waals surface area contributed by atoms with Crippen LogP contribution in [0, 0.1) is 28.6 Å². The van der Waals surface area contributed by atoms with Crippen LogP contribution < -0.4 is 5.32 Å². The van der Waals surface area contributed by atoms with Crippen molar-refractivity contribution < 1.29 is 38.1 Å². The van der Waals surface area contributed by atoms with Crippen LogP contribution in [0.3, 0.4) is 0 Å². The first-order valence-electron chi connectivity index (χ1n) is 21.9. The van der Waals surface area contributed by atoms with E-state index in [2.05, 4.69) is 46.9 Å². The summed E-state index contributed by atoms with van der Waals surface area (Å²) in [6, 6.07) is 0. The minimum atomic E-state index is -0.988. The molecule has 0 aliphatic rings. The Morgan fingerprint density at radius 2 is 1.27 bits per heavy atom. The Morgan fingerprint density at radius 3 is 1.82 bits per heavy atom. The van der Waals surface area contributed by atoms with Gasteiger partial charge < -0.3 is 24.3 Å².